The molecule has 3 amide bonds. The van der Waals surface area contributed by atoms with E-state index in [0.29, 0.717) is 5.56 Å². The van der Waals surface area contributed by atoms with Crippen LogP contribution in [0.3, 0.4) is 0 Å². The molecule has 1 aromatic carbocycles. The molecule has 0 radical (unpaired) electrons. The summed E-state index contributed by atoms with van der Waals surface area (Å²) in [7, 11) is 0. The Hall–Kier alpha value is -4.40. The second kappa shape index (κ2) is 16.5. The lowest BCUT2D eigenvalue weighted by Gasteiger charge is -2.27. The standard InChI is InChI=1S/C25H39N7O8/c1-13(2)20(32-21(36)16(26)9-10-19(34)35)23(38)31-18(12-14-5-7-15(33)8-6-14)22(37)30-17(24(39)40)4-3-11-29-25(27)28/h5-8,13,16-18,20,33H,3-4,9-12,26H2,1-2H3,(H,30,37)(H,31,38)(H,32,36)(H,34,35)(H,39,40)(H4,27,28,29). The number of aliphatic imine (C=N–C) groups is 1. The summed E-state index contributed by atoms with van der Waals surface area (Å²) in [5.41, 5.74) is 16.8. The molecule has 0 bridgehead atoms. The number of nitrogens with two attached hydrogens (primary N) is 3. The van der Waals surface area contributed by atoms with E-state index in [4.69, 9.17) is 22.3 Å². The summed E-state index contributed by atoms with van der Waals surface area (Å²) in [6, 6.07) is 1.01. The first-order chi connectivity index (χ1) is 18.7. The van der Waals surface area contributed by atoms with Gasteiger partial charge in [-0.2, -0.15) is 0 Å². The molecule has 1 rings (SSSR count). The molecule has 1 aromatic rings. The molecular formula is C25H39N7O8. The van der Waals surface area contributed by atoms with Crippen molar-refractivity contribution in [3.8, 4) is 5.75 Å². The average molecular weight is 566 g/mol. The molecule has 0 fully saturated rings. The lowest BCUT2D eigenvalue weighted by atomic mass is 10.00. The lowest BCUT2D eigenvalue weighted by Crippen LogP contribution is -2.58. The summed E-state index contributed by atoms with van der Waals surface area (Å²) in [5.74, 6) is -5.29. The quantitative estimate of drug-likeness (QED) is 0.0587. The van der Waals surface area contributed by atoms with E-state index in [0.717, 1.165) is 0 Å². The Morgan fingerprint density at radius 3 is 2.00 bits per heavy atom. The van der Waals surface area contributed by atoms with Gasteiger partial charge in [-0.1, -0.05) is 26.0 Å². The van der Waals surface area contributed by atoms with Crippen molar-refractivity contribution >= 4 is 35.6 Å². The highest BCUT2D eigenvalue weighted by Gasteiger charge is 2.32. The monoisotopic (exact) mass is 565 g/mol. The van der Waals surface area contributed by atoms with Gasteiger partial charge in [0.25, 0.3) is 0 Å². The molecule has 0 saturated carbocycles. The van der Waals surface area contributed by atoms with Crippen molar-refractivity contribution in [1.29, 1.82) is 0 Å². The Balaban J connectivity index is 3.09. The van der Waals surface area contributed by atoms with Gasteiger partial charge in [0.15, 0.2) is 5.96 Å². The highest BCUT2D eigenvalue weighted by Crippen LogP contribution is 2.13. The van der Waals surface area contributed by atoms with Gasteiger partial charge in [0.05, 0.1) is 6.04 Å². The van der Waals surface area contributed by atoms with Crippen LogP contribution in [0, 0.1) is 5.92 Å². The van der Waals surface area contributed by atoms with Crippen LogP contribution in [0.2, 0.25) is 0 Å². The number of nitrogens with zero attached hydrogens (tertiary/aromatic N) is 1. The molecule has 40 heavy (non-hydrogen) atoms. The van der Waals surface area contributed by atoms with Gasteiger partial charge in [-0.3, -0.25) is 24.2 Å². The first kappa shape index (κ1) is 33.6. The number of amides is 3. The van der Waals surface area contributed by atoms with Crippen LogP contribution in [0.5, 0.6) is 5.75 Å². The summed E-state index contributed by atoms with van der Waals surface area (Å²) in [4.78, 5) is 65.3. The zero-order valence-corrected chi connectivity index (χ0v) is 22.5. The average Bonchev–Trinajstić information content (AvgIpc) is 2.87. The molecule has 0 saturated heterocycles. The molecule has 0 aliphatic carbocycles. The van der Waals surface area contributed by atoms with Crippen LogP contribution in [0.25, 0.3) is 0 Å². The van der Waals surface area contributed by atoms with Gasteiger partial charge in [0, 0.05) is 19.4 Å². The van der Waals surface area contributed by atoms with Crippen molar-refractivity contribution in [2.75, 3.05) is 6.54 Å². The largest absolute Gasteiger partial charge is 0.508 e. The summed E-state index contributed by atoms with van der Waals surface area (Å²) in [6.45, 7) is 3.46. The number of carboxylic acids is 2. The zero-order chi connectivity index (χ0) is 30.4. The normalized spacial score (nSPS) is 13.8. The fourth-order valence-corrected chi connectivity index (χ4v) is 3.58. The molecule has 0 aliphatic heterocycles. The van der Waals surface area contributed by atoms with Crippen LogP contribution >= 0.6 is 0 Å². The van der Waals surface area contributed by atoms with E-state index in [2.05, 4.69) is 20.9 Å². The van der Waals surface area contributed by atoms with E-state index in [1.54, 1.807) is 13.8 Å². The van der Waals surface area contributed by atoms with Crippen molar-refractivity contribution in [3.05, 3.63) is 29.8 Å². The maximum absolute atomic E-state index is 13.2. The second-order valence-corrected chi connectivity index (χ2v) is 9.55. The van der Waals surface area contributed by atoms with Crippen molar-refractivity contribution in [1.82, 2.24) is 16.0 Å². The van der Waals surface area contributed by atoms with Gasteiger partial charge in [0.1, 0.15) is 23.9 Å². The minimum atomic E-state index is -1.30. The molecule has 0 spiro atoms. The van der Waals surface area contributed by atoms with Crippen molar-refractivity contribution in [3.63, 3.8) is 0 Å². The summed E-state index contributed by atoms with van der Waals surface area (Å²) in [6.07, 6.45) is -0.266. The third-order valence-electron chi connectivity index (χ3n) is 5.82. The fourth-order valence-electron chi connectivity index (χ4n) is 3.58. The number of rotatable bonds is 17. The molecule has 0 heterocycles. The van der Waals surface area contributed by atoms with Crippen molar-refractivity contribution in [2.24, 2.45) is 28.1 Å². The lowest BCUT2D eigenvalue weighted by molar-refractivity contribution is -0.142. The number of carbonyl (C=O) groups is 5. The Morgan fingerprint density at radius 2 is 1.48 bits per heavy atom. The van der Waals surface area contributed by atoms with Gasteiger partial charge in [-0.25, -0.2) is 4.79 Å². The van der Waals surface area contributed by atoms with Crippen molar-refractivity contribution in [2.45, 2.75) is 70.1 Å². The third kappa shape index (κ3) is 12.4. The number of guanidine groups is 1. The number of phenolic OH excluding ortho intramolecular Hbond substituents is 1. The number of aromatic hydroxyl groups is 1. The highest BCUT2D eigenvalue weighted by atomic mass is 16.4. The maximum atomic E-state index is 13.2. The number of nitrogens with one attached hydrogen (secondary N) is 3. The van der Waals surface area contributed by atoms with E-state index >= 15 is 0 Å². The van der Waals surface area contributed by atoms with Gasteiger partial charge in [-0.05, 0) is 42.9 Å². The predicted octanol–water partition coefficient (Wildman–Crippen LogP) is -1.62. The summed E-state index contributed by atoms with van der Waals surface area (Å²) in [5, 5.41) is 35.5. The minimum Gasteiger partial charge on any atom is -0.508 e. The molecule has 15 heteroatoms. The van der Waals surface area contributed by atoms with E-state index in [-0.39, 0.29) is 50.4 Å². The number of carbonyl (C=O) groups excluding carboxylic acids is 3. The highest BCUT2D eigenvalue weighted by molar-refractivity contribution is 5.94. The maximum Gasteiger partial charge on any atom is 0.326 e. The van der Waals surface area contributed by atoms with Gasteiger partial charge < -0.3 is 48.5 Å². The first-order valence-corrected chi connectivity index (χ1v) is 12.7. The number of hydrogen-bond donors (Lipinski definition) is 9. The molecule has 222 valence electrons. The van der Waals surface area contributed by atoms with Gasteiger partial charge in [-0.15, -0.1) is 0 Å². The number of phenols is 1. The Bertz CT molecular complexity index is 1060. The van der Waals surface area contributed by atoms with E-state index in [1.165, 1.54) is 24.3 Å². The van der Waals surface area contributed by atoms with E-state index < -0.39 is 59.7 Å². The zero-order valence-electron chi connectivity index (χ0n) is 22.5. The number of benzene rings is 1. The van der Waals surface area contributed by atoms with Crippen LogP contribution in [0.15, 0.2) is 29.3 Å². The summed E-state index contributed by atoms with van der Waals surface area (Å²) >= 11 is 0. The molecule has 0 aliphatic rings. The molecule has 4 atom stereocenters. The van der Waals surface area contributed by atoms with Crippen molar-refractivity contribution < 1.29 is 39.3 Å². The smallest absolute Gasteiger partial charge is 0.326 e. The van der Waals surface area contributed by atoms with Crippen LogP contribution < -0.4 is 33.2 Å². The van der Waals surface area contributed by atoms with Crippen LogP contribution in [-0.2, 0) is 30.4 Å². The Morgan fingerprint density at radius 1 is 0.875 bits per heavy atom. The Labute approximate surface area is 231 Å². The number of aliphatic carboxylic acids is 2. The van der Waals surface area contributed by atoms with Crippen LogP contribution in [0.1, 0.15) is 45.1 Å². The molecule has 4 unspecified atom stereocenters. The number of carboxylic acid groups (broad SMARTS) is 2. The van der Waals surface area contributed by atoms with E-state index in [9.17, 15) is 34.2 Å². The topological polar surface area (TPSA) is 273 Å². The van der Waals surface area contributed by atoms with E-state index in [1.807, 2.05) is 0 Å². The third-order valence-corrected chi connectivity index (χ3v) is 5.82. The fraction of sp³-hybridized carbons (Fsp3) is 0.520. The number of hydrogen-bond acceptors (Lipinski definition) is 8. The predicted molar refractivity (Wildman–Crippen MR) is 145 cm³/mol. The first-order valence-electron chi connectivity index (χ1n) is 12.7. The molecular weight excluding hydrogens is 526 g/mol. The van der Waals surface area contributed by atoms with Gasteiger partial charge in [0.2, 0.25) is 17.7 Å². The van der Waals surface area contributed by atoms with Crippen LogP contribution in [0.4, 0.5) is 0 Å². The SMILES string of the molecule is CC(C)C(NC(=O)C(N)CCC(=O)O)C(=O)NC(Cc1ccc(O)cc1)C(=O)NC(CCCN=C(N)N)C(=O)O. The molecule has 0 aromatic heterocycles. The van der Waals surface area contributed by atoms with Gasteiger partial charge >= 0.3 is 11.9 Å². The minimum absolute atomic E-state index is 0.0106. The summed E-state index contributed by atoms with van der Waals surface area (Å²) < 4.78 is 0. The van der Waals surface area contributed by atoms with Crippen LogP contribution in [-0.4, -0.2) is 81.7 Å². The second-order valence-electron chi connectivity index (χ2n) is 9.55. The molecule has 15 nitrogen and oxygen atoms in total. The molecule has 12 N–H and O–H groups in total. The Kier molecular flexibility index (Phi) is 13.9.